The maximum absolute atomic E-state index is 11.2. The number of rotatable bonds is 5. The van der Waals surface area contributed by atoms with Gasteiger partial charge in [-0.25, -0.2) is 9.59 Å². The van der Waals surface area contributed by atoms with E-state index in [1.54, 1.807) is 30.3 Å². The van der Waals surface area contributed by atoms with Gasteiger partial charge in [0.1, 0.15) is 11.5 Å². The molecule has 26 heavy (non-hydrogen) atoms. The molecule has 3 aromatic rings. The van der Waals surface area contributed by atoms with Crippen molar-refractivity contribution >= 4 is 35.4 Å². The molecule has 0 fully saturated rings. The van der Waals surface area contributed by atoms with E-state index >= 15 is 0 Å². The number of aliphatic imine (C=N–C) groups is 1. The largest absolute Gasteiger partial charge is 0.478 e. The minimum Gasteiger partial charge on any atom is -0.478 e. The molecule has 0 aliphatic heterocycles. The van der Waals surface area contributed by atoms with Gasteiger partial charge in [0, 0.05) is 5.56 Å². The first-order valence-corrected chi connectivity index (χ1v) is 7.82. The van der Waals surface area contributed by atoms with Crippen LogP contribution in [-0.4, -0.2) is 28.4 Å². The van der Waals surface area contributed by atoms with Gasteiger partial charge in [-0.3, -0.25) is 4.99 Å². The third kappa shape index (κ3) is 3.81. The predicted octanol–water partition coefficient (Wildman–Crippen LogP) is 4.75. The Kier molecular flexibility index (Phi) is 4.86. The van der Waals surface area contributed by atoms with Gasteiger partial charge in [0.25, 0.3) is 0 Å². The molecule has 2 aromatic carbocycles. The highest BCUT2D eigenvalue weighted by molar-refractivity contribution is 6.33. The predicted molar refractivity (Wildman–Crippen MR) is 96.8 cm³/mol. The summed E-state index contributed by atoms with van der Waals surface area (Å²) in [6.45, 7) is 0. The van der Waals surface area contributed by atoms with Gasteiger partial charge in [-0.2, -0.15) is 0 Å². The molecule has 0 aliphatic carbocycles. The van der Waals surface area contributed by atoms with Crippen LogP contribution >= 0.6 is 11.6 Å². The zero-order valence-corrected chi connectivity index (χ0v) is 14.0. The second-order valence-corrected chi connectivity index (χ2v) is 5.72. The van der Waals surface area contributed by atoms with Gasteiger partial charge in [-0.15, -0.1) is 0 Å². The Morgan fingerprint density at radius 3 is 2.35 bits per heavy atom. The Balaban J connectivity index is 1.80. The van der Waals surface area contributed by atoms with E-state index in [1.165, 1.54) is 30.5 Å². The van der Waals surface area contributed by atoms with Gasteiger partial charge < -0.3 is 14.6 Å². The maximum atomic E-state index is 11.2. The van der Waals surface area contributed by atoms with E-state index in [0.717, 1.165) is 0 Å². The monoisotopic (exact) mass is 369 g/mol. The third-order valence-corrected chi connectivity index (χ3v) is 3.89. The summed E-state index contributed by atoms with van der Waals surface area (Å²) >= 11 is 5.86. The highest BCUT2D eigenvalue weighted by atomic mass is 35.5. The smallest absolute Gasteiger partial charge is 0.337 e. The van der Waals surface area contributed by atoms with Crippen LogP contribution in [0.3, 0.4) is 0 Å². The van der Waals surface area contributed by atoms with Crippen LogP contribution in [0.15, 0.2) is 64.0 Å². The number of benzene rings is 2. The van der Waals surface area contributed by atoms with Crippen molar-refractivity contribution in [3.8, 4) is 11.3 Å². The molecular weight excluding hydrogens is 358 g/mol. The summed E-state index contributed by atoms with van der Waals surface area (Å²) in [5, 5.41) is 18.2. The number of nitrogens with zero attached hydrogens (tertiary/aromatic N) is 1. The summed E-state index contributed by atoms with van der Waals surface area (Å²) in [7, 11) is 0. The molecule has 1 aromatic heterocycles. The number of halogens is 1. The summed E-state index contributed by atoms with van der Waals surface area (Å²) in [5.41, 5.74) is 1.33. The molecule has 0 bridgehead atoms. The molecule has 0 amide bonds. The zero-order valence-electron chi connectivity index (χ0n) is 13.2. The lowest BCUT2D eigenvalue weighted by Crippen LogP contribution is -1.97. The topological polar surface area (TPSA) is 100 Å². The molecule has 6 nitrogen and oxygen atoms in total. The van der Waals surface area contributed by atoms with E-state index in [9.17, 15) is 9.59 Å². The van der Waals surface area contributed by atoms with Gasteiger partial charge in [0.15, 0.2) is 0 Å². The summed E-state index contributed by atoms with van der Waals surface area (Å²) in [6.07, 6.45) is 1.49. The first kappa shape index (κ1) is 17.4. The lowest BCUT2D eigenvalue weighted by Gasteiger charge is -2.01. The fourth-order valence-corrected chi connectivity index (χ4v) is 2.45. The number of hydrogen-bond donors (Lipinski definition) is 2. The molecular formula is C19H12ClNO5. The Hall–Kier alpha value is -3.38. The van der Waals surface area contributed by atoms with Gasteiger partial charge in [0.05, 0.1) is 28.1 Å². The van der Waals surface area contributed by atoms with E-state index < -0.39 is 11.9 Å². The van der Waals surface area contributed by atoms with Crippen molar-refractivity contribution in [1.29, 1.82) is 0 Å². The number of carboxylic acids is 2. The Labute approximate surface area is 153 Å². The molecule has 130 valence electrons. The average Bonchev–Trinajstić information content (AvgIpc) is 3.09. The average molecular weight is 370 g/mol. The van der Waals surface area contributed by atoms with Gasteiger partial charge in [-0.05, 0) is 54.6 Å². The van der Waals surface area contributed by atoms with E-state index in [-0.39, 0.29) is 16.1 Å². The highest BCUT2D eigenvalue weighted by Crippen LogP contribution is 2.27. The summed E-state index contributed by atoms with van der Waals surface area (Å²) in [6, 6.07) is 14.1. The van der Waals surface area contributed by atoms with Crippen LogP contribution in [0.5, 0.6) is 0 Å². The standard InChI is InChI=1S/C19H12ClNO5/c20-16-7-3-12(9-15(16)19(24)25)17-8-6-14(26-17)10-21-13-4-1-11(2-5-13)18(22)23/h1-10H,(H,22,23)(H,24,25). The molecule has 7 heteroatoms. The van der Waals surface area contributed by atoms with Crippen molar-refractivity contribution in [2.75, 3.05) is 0 Å². The number of carbonyl (C=O) groups is 2. The number of carboxylic acid groups (broad SMARTS) is 2. The normalized spacial score (nSPS) is 11.0. The molecule has 2 N–H and O–H groups in total. The molecule has 0 atom stereocenters. The van der Waals surface area contributed by atoms with Crippen LogP contribution in [0, 0.1) is 0 Å². The van der Waals surface area contributed by atoms with E-state index in [1.807, 2.05) is 0 Å². The Bertz CT molecular complexity index is 1010. The van der Waals surface area contributed by atoms with Crippen LogP contribution in [0.25, 0.3) is 11.3 Å². The second kappa shape index (κ2) is 7.25. The molecule has 0 aliphatic rings. The molecule has 0 saturated carbocycles. The molecule has 0 radical (unpaired) electrons. The fourth-order valence-electron chi connectivity index (χ4n) is 2.25. The molecule has 0 saturated heterocycles. The summed E-state index contributed by atoms with van der Waals surface area (Å²) < 4.78 is 5.65. The Morgan fingerprint density at radius 2 is 1.69 bits per heavy atom. The van der Waals surface area contributed by atoms with Crippen molar-refractivity contribution in [2.24, 2.45) is 4.99 Å². The minimum absolute atomic E-state index is 0.00527. The lowest BCUT2D eigenvalue weighted by molar-refractivity contribution is 0.0686. The van der Waals surface area contributed by atoms with Gasteiger partial charge in [0.2, 0.25) is 0 Å². The van der Waals surface area contributed by atoms with Crippen LogP contribution in [0.4, 0.5) is 5.69 Å². The molecule has 3 rings (SSSR count). The lowest BCUT2D eigenvalue weighted by atomic mass is 10.1. The van der Waals surface area contributed by atoms with Crippen LogP contribution in [0.2, 0.25) is 5.02 Å². The number of aromatic carboxylic acids is 2. The highest BCUT2D eigenvalue weighted by Gasteiger charge is 2.12. The number of furan rings is 1. The zero-order chi connectivity index (χ0) is 18.7. The van der Waals surface area contributed by atoms with Gasteiger partial charge in [-0.1, -0.05) is 11.6 Å². The van der Waals surface area contributed by atoms with Crippen molar-refractivity contribution in [3.63, 3.8) is 0 Å². The van der Waals surface area contributed by atoms with E-state index in [0.29, 0.717) is 22.8 Å². The molecule has 0 unspecified atom stereocenters. The second-order valence-electron chi connectivity index (χ2n) is 5.31. The third-order valence-electron chi connectivity index (χ3n) is 3.56. The Morgan fingerprint density at radius 1 is 0.962 bits per heavy atom. The molecule has 1 heterocycles. The van der Waals surface area contributed by atoms with Crippen molar-refractivity contribution in [3.05, 3.63) is 76.5 Å². The van der Waals surface area contributed by atoms with Crippen LogP contribution in [0.1, 0.15) is 26.5 Å². The van der Waals surface area contributed by atoms with Crippen molar-refractivity contribution < 1.29 is 24.2 Å². The van der Waals surface area contributed by atoms with E-state index in [2.05, 4.69) is 4.99 Å². The fraction of sp³-hybridized carbons (Fsp3) is 0. The van der Waals surface area contributed by atoms with Gasteiger partial charge >= 0.3 is 11.9 Å². The van der Waals surface area contributed by atoms with Crippen molar-refractivity contribution in [2.45, 2.75) is 0 Å². The molecule has 0 spiro atoms. The SMILES string of the molecule is O=C(O)c1ccc(N=Cc2ccc(-c3ccc(Cl)c(C(=O)O)c3)o2)cc1. The van der Waals surface area contributed by atoms with E-state index in [4.69, 9.17) is 26.2 Å². The van der Waals surface area contributed by atoms with Crippen LogP contribution in [-0.2, 0) is 0 Å². The minimum atomic E-state index is -1.12. The quantitative estimate of drug-likeness (QED) is 0.632. The summed E-state index contributed by atoms with van der Waals surface area (Å²) in [5.74, 6) is -1.17. The maximum Gasteiger partial charge on any atom is 0.337 e. The van der Waals surface area contributed by atoms with Crippen molar-refractivity contribution in [1.82, 2.24) is 0 Å². The first-order valence-electron chi connectivity index (χ1n) is 7.44. The number of hydrogen-bond acceptors (Lipinski definition) is 4. The first-order chi connectivity index (χ1) is 12.4. The van der Waals surface area contributed by atoms with Crippen LogP contribution < -0.4 is 0 Å². The summed E-state index contributed by atoms with van der Waals surface area (Å²) in [4.78, 5) is 26.2.